The monoisotopic (exact) mass is 332 g/mol. The van der Waals surface area contributed by atoms with E-state index < -0.39 is 0 Å². The third-order valence-corrected chi connectivity index (χ3v) is 8.99. The Morgan fingerprint density at radius 3 is 2.67 bits per heavy atom. The van der Waals surface area contributed by atoms with Crippen molar-refractivity contribution < 1.29 is 9.47 Å². The lowest BCUT2D eigenvalue weighted by atomic mass is 9.45. The van der Waals surface area contributed by atoms with E-state index in [2.05, 4.69) is 20.4 Å². The maximum atomic E-state index is 5.93. The Balaban J connectivity index is 1.51. The van der Waals surface area contributed by atoms with Gasteiger partial charge < -0.3 is 9.47 Å². The molecule has 4 saturated carbocycles. The predicted molar refractivity (Wildman–Crippen MR) is 97.6 cm³/mol. The molecule has 0 aromatic rings. The van der Waals surface area contributed by atoms with Gasteiger partial charge in [-0.1, -0.05) is 26.0 Å². The van der Waals surface area contributed by atoms with Crippen LogP contribution in [0.5, 0.6) is 0 Å². The number of fused-ring (bicyclic) bond motifs is 5. The van der Waals surface area contributed by atoms with Crippen LogP contribution < -0.4 is 0 Å². The van der Waals surface area contributed by atoms with Crippen LogP contribution in [-0.2, 0) is 9.47 Å². The molecule has 0 bridgehead atoms. The fraction of sp³-hybridized carbons (Fsp3) is 0.909. The molecule has 0 aliphatic heterocycles. The molecule has 0 radical (unpaired) electrons. The second-order valence-corrected chi connectivity index (χ2v) is 9.72. The highest BCUT2D eigenvalue weighted by molar-refractivity contribution is 5.21. The Morgan fingerprint density at radius 2 is 1.88 bits per heavy atom. The number of rotatable bonds is 3. The van der Waals surface area contributed by atoms with Crippen molar-refractivity contribution in [3.05, 3.63) is 12.2 Å². The van der Waals surface area contributed by atoms with Crippen LogP contribution >= 0.6 is 0 Å². The number of hydrogen-bond donors (Lipinski definition) is 0. The van der Waals surface area contributed by atoms with Gasteiger partial charge in [-0.25, -0.2) is 0 Å². The van der Waals surface area contributed by atoms with Crippen molar-refractivity contribution in [2.75, 3.05) is 13.9 Å². The third kappa shape index (κ3) is 2.43. The number of allylic oxidation sites excluding steroid dienone is 1. The molecule has 0 saturated heterocycles. The Labute approximate surface area is 148 Å². The van der Waals surface area contributed by atoms with Gasteiger partial charge in [0.05, 0.1) is 6.10 Å². The molecule has 0 aromatic carbocycles. The first kappa shape index (κ1) is 17.1. The van der Waals surface area contributed by atoms with Crippen LogP contribution in [0.3, 0.4) is 0 Å². The first-order valence-electron chi connectivity index (χ1n) is 10.3. The zero-order chi connectivity index (χ0) is 16.9. The van der Waals surface area contributed by atoms with E-state index in [9.17, 15) is 0 Å². The average Bonchev–Trinajstić information content (AvgIpc) is 2.88. The van der Waals surface area contributed by atoms with Gasteiger partial charge in [-0.3, -0.25) is 0 Å². The Kier molecular flexibility index (Phi) is 4.36. The second-order valence-electron chi connectivity index (χ2n) is 9.72. The van der Waals surface area contributed by atoms with Crippen LogP contribution in [0.15, 0.2) is 12.2 Å². The van der Waals surface area contributed by atoms with Crippen LogP contribution in [0.4, 0.5) is 0 Å². The summed E-state index contributed by atoms with van der Waals surface area (Å²) in [5.74, 6) is 3.69. The summed E-state index contributed by atoms with van der Waals surface area (Å²) in [6.07, 6.45) is 12.7. The summed E-state index contributed by atoms with van der Waals surface area (Å²) in [7, 11) is 1.73. The van der Waals surface area contributed by atoms with Crippen molar-refractivity contribution in [1.82, 2.24) is 0 Å². The Bertz CT molecular complexity index is 500. The molecule has 0 amide bonds. The minimum absolute atomic E-state index is 0.430. The maximum absolute atomic E-state index is 5.93. The lowest BCUT2D eigenvalue weighted by Crippen LogP contribution is -2.53. The molecule has 4 fully saturated rings. The highest BCUT2D eigenvalue weighted by Crippen LogP contribution is 2.67. The van der Waals surface area contributed by atoms with Gasteiger partial charge in [-0.05, 0) is 92.3 Å². The summed E-state index contributed by atoms with van der Waals surface area (Å²) in [6.45, 7) is 10.1. The van der Waals surface area contributed by atoms with E-state index in [0.717, 1.165) is 23.7 Å². The van der Waals surface area contributed by atoms with E-state index in [1.54, 1.807) is 12.7 Å². The number of methoxy groups -OCH3 is 1. The fourth-order valence-corrected chi connectivity index (χ4v) is 7.44. The number of ether oxygens (including phenoxy) is 2. The number of hydrogen-bond acceptors (Lipinski definition) is 2. The molecule has 4 aliphatic rings. The van der Waals surface area contributed by atoms with Gasteiger partial charge >= 0.3 is 0 Å². The van der Waals surface area contributed by atoms with Crippen molar-refractivity contribution in [3.8, 4) is 0 Å². The highest BCUT2D eigenvalue weighted by atomic mass is 16.7. The summed E-state index contributed by atoms with van der Waals surface area (Å²) in [5.41, 5.74) is 2.58. The lowest BCUT2D eigenvalue weighted by molar-refractivity contribution is -0.147. The van der Waals surface area contributed by atoms with Gasteiger partial charge in [0.15, 0.2) is 0 Å². The van der Waals surface area contributed by atoms with Crippen molar-refractivity contribution in [2.24, 2.45) is 34.5 Å². The van der Waals surface area contributed by atoms with Crippen molar-refractivity contribution in [1.29, 1.82) is 0 Å². The van der Waals surface area contributed by atoms with Crippen molar-refractivity contribution in [2.45, 2.75) is 77.7 Å². The second kappa shape index (κ2) is 6.13. The summed E-state index contributed by atoms with van der Waals surface area (Å²) in [4.78, 5) is 0. The van der Waals surface area contributed by atoms with Crippen LogP contribution in [-0.4, -0.2) is 20.0 Å². The zero-order valence-corrected chi connectivity index (χ0v) is 16.0. The molecular formula is C22H36O2. The smallest absolute Gasteiger partial charge is 0.146 e. The molecule has 0 heterocycles. The topological polar surface area (TPSA) is 18.5 Å². The van der Waals surface area contributed by atoms with Gasteiger partial charge in [0.25, 0.3) is 0 Å². The molecule has 4 aliphatic carbocycles. The molecule has 7 atom stereocenters. The van der Waals surface area contributed by atoms with E-state index in [4.69, 9.17) is 9.47 Å². The molecule has 24 heavy (non-hydrogen) atoms. The molecule has 136 valence electrons. The molecule has 0 N–H and O–H groups in total. The fourth-order valence-electron chi connectivity index (χ4n) is 7.44. The van der Waals surface area contributed by atoms with Gasteiger partial charge in [0.2, 0.25) is 0 Å². The normalized spacial score (nSPS) is 51.0. The molecule has 2 heteroatoms. The van der Waals surface area contributed by atoms with E-state index in [0.29, 0.717) is 23.7 Å². The predicted octanol–water partition coefficient (Wildman–Crippen LogP) is 5.57. The molecular weight excluding hydrogens is 296 g/mol. The van der Waals surface area contributed by atoms with E-state index in [-0.39, 0.29) is 0 Å². The van der Waals surface area contributed by atoms with Gasteiger partial charge in [0, 0.05) is 7.11 Å². The minimum atomic E-state index is 0.430. The molecule has 0 aromatic heterocycles. The van der Waals surface area contributed by atoms with Gasteiger partial charge in [0.1, 0.15) is 6.79 Å². The summed E-state index contributed by atoms with van der Waals surface area (Å²) in [6, 6.07) is 0. The largest absolute Gasteiger partial charge is 0.359 e. The first-order chi connectivity index (χ1) is 11.5. The standard InChI is InChI=1S/C22H36O2/c1-15-5-8-19-18-7-6-16-13-17(24-14-23-4)9-11-22(16,3)20(18)10-12-21(15,19)2/h16-20H,1,5-14H2,2-4H3/t16-,17+,18-,19-,20-,21+,22-/m0/s1. The maximum Gasteiger partial charge on any atom is 0.146 e. The quantitative estimate of drug-likeness (QED) is 0.496. The van der Waals surface area contributed by atoms with Gasteiger partial charge in [-0.2, -0.15) is 0 Å². The van der Waals surface area contributed by atoms with Gasteiger partial charge in [-0.15, -0.1) is 0 Å². The third-order valence-electron chi connectivity index (χ3n) is 8.99. The lowest BCUT2D eigenvalue weighted by Gasteiger charge is -2.60. The Morgan fingerprint density at radius 1 is 1.04 bits per heavy atom. The summed E-state index contributed by atoms with van der Waals surface area (Å²) >= 11 is 0. The zero-order valence-electron chi connectivity index (χ0n) is 16.0. The highest BCUT2D eigenvalue weighted by Gasteiger charge is 2.58. The van der Waals surface area contributed by atoms with Crippen LogP contribution in [0, 0.1) is 34.5 Å². The van der Waals surface area contributed by atoms with E-state index in [1.165, 1.54) is 57.8 Å². The SMILES string of the molecule is C=C1CC[C@H]2[C@@H]3CC[C@H]4C[C@H](OCOC)CC[C@]4(C)[C@H]3CC[C@]12C. The minimum Gasteiger partial charge on any atom is -0.359 e. The summed E-state index contributed by atoms with van der Waals surface area (Å²) < 4.78 is 11.1. The van der Waals surface area contributed by atoms with Crippen LogP contribution in [0.2, 0.25) is 0 Å². The molecule has 0 unspecified atom stereocenters. The van der Waals surface area contributed by atoms with Crippen molar-refractivity contribution in [3.63, 3.8) is 0 Å². The molecule has 0 spiro atoms. The van der Waals surface area contributed by atoms with Crippen LogP contribution in [0.25, 0.3) is 0 Å². The average molecular weight is 333 g/mol. The van der Waals surface area contributed by atoms with E-state index >= 15 is 0 Å². The first-order valence-corrected chi connectivity index (χ1v) is 10.3. The van der Waals surface area contributed by atoms with Crippen molar-refractivity contribution >= 4 is 0 Å². The van der Waals surface area contributed by atoms with Crippen LogP contribution in [0.1, 0.15) is 71.6 Å². The Hall–Kier alpha value is -0.340. The molecule has 2 nitrogen and oxygen atoms in total. The van der Waals surface area contributed by atoms with E-state index in [1.807, 2.05) is 0 Å². The molecule has 4 rings (SSSR count). The summed E-state index contributed by atoms with van der Waals surface area (Å²) in [5, 5.41) is 0.